The van der Waals surface area contributed by atoms with Gasteiger partial charge in [0.05, 0.1) is 11.0 Å². The Morgan fingerprint density at radius 2 is 2.08 bits per heavy atom. The van der Waals surface area contributed by atoms with Gasteiger partial charge in [0, 0.05) is 37.6 Å². The maximum Gasteiger partial charge on any atom is 0.185 e. The summed E-state index contributed by atoms with van der Waals surface area (Å²) >= 11 is 1.79. The highest BCUT2D eigenvalue weighted by Gasteiger charge is 2.23. The topological polar surface area (TPSA) is 48.1 Å². The molecule has 1 aliphatic heterocycles. The second kappa shape index (κ2) is 6.77. The summed E-state index contributed by atoms with van der Waals surface area (Å²) in [6, 6.07) is 6.35. The monoisotopic (exact) mass is 355 g/mol. The Hall–Kier alpha value is -1.92. The number of aromatic nitrogens is 3. The highest BCUT2D eigenvalue weighted by molar-refractivity contribution is 7.15. The number of likely N-dealkylation sites (tertiary alicyclic amines) is 1. The molecule has 132 valence electrons. The van der Waals surface area contributed by atoms with Gasteiger partial charge in [-0.1, -0.05) is 12.1 Å². The zero-order valence-electron chi connectivity index (χ0n) is 15.1. The fourth-order valence-electron chi connectivity index (χ4n) is 3.55. The van der Waals surface area contributed by atoms with Crippen LogP contribution >= 0.6 is 11.3 Å². The van der Waals surface area contributed by atoms with Crippen LogP contribution in [0.25, 0.3) is 11.0 Å². The minimum atomic E-state index is 0.543. The van der Waals surface area contributed by atoms with E-state index in [2.05, 4.69) is 44.9 Å². The van der Waals surface area contributed by atoms with Crippen LogP contribution in [0.3, 0.4) is 0 Å². The van der Waals surface area contributed by atoms with Crippen molar-refractivity contribution in [3.63, 3.8) is 0 Å². The summed E-state index contributed by atoms with van der Waals surface area (Å²) in [6.45, 7) is 5.38. The SMILES string of the molecule is Cc1cccc2[nH]c(C3CCN(Cc4cnc(N(C)C)s4)CC3)nc12. The fourth-order valence-corrected chi connectivity index (χ4v) is 4.42. The van der Waals surface area contributed by atoms with Crippen molar-refractivity contribution in [3.05, 3.63) is 40.7 Å². The van der Waals surface area contributed by atoms with Gasteiger partial charge in [0.1, 0.15) is 5.82 Å². The average Bonchev–Trinajstić information content (AvgIpc) is 3.23. The van der Waals surface area contributed by atoms with Crippen LogP contribution in [0.5, 0.6) is 0 Å². The molecule has 0 atom stereocenters. The van der Waals surface area contributed by atoms with Gasteiger partial charge in [0.25, 0.3) is 0 Å². The van der Waals surface area contributed by atoms with E-state index in [0.717, 1.165) is 48.9 Å². The molecule has 3 aromatic rings. The van der Waals surface area contributed by atoms with E-state index >= 15 is 0 Å². The third kappa shape index (κ3) is 3.41. The Bertz CT molecular complexity index is 858. The van der Waals surface area contributed by atoms with Crippen LogP contribution in [0.1, 0.15) is 35.0 Å². The molecule has 0 aliphatic carbocycles. The third-order valence-electron chi connectivity index (χ3n) is 5.01. The van der Waals surface area contributed by atoms with Crippen molar-refractivity contribution in [2.75, 3.05) is 32.1 Å². The number of thiazole rings is 1. The average molecular weight is 356 g/mol. The molecule has 0 unspecified atom stereocenters. The molecular weight excluding hydrogens is 330 g/mol. The number of nitrogens with zero attached hydrogens (tertiary/aromatic N) is 4. The van der Waals surface area contributed by atoms with E-state index in [9.17, 15) is 0 Å². The summed E-state index contributed by atoms with van der Waals surface area (Å²) in [7, 11) is 4.09. The molecular formula is C19H25N5S. The Morgan fingerprint density at radius 1 is 1.28 bits per heavy atom. The van der Waals surface area contributed by atoms with E-state index in [0.29, 0.717) is 5.92 Å². The predicted octanol–water partition coefficient (Wildman–Crippen LogP) is 3.77. The molecule has 25 heavy (non-hydrogen) atoms. The third-order valence-corrected chi connectivity index (χ3v) is 6.16. The van der Waals surface area contributed by atoms with Gasteiger partial charge in [-0.25, -0.2) is 9.97 Å². The van der Waals surface area contributed by atoms with E-state index in [4.69, 9.17) is 4.98 Å². The summed E-state index contributed by atoms with van der Waals surface area (Å²) in [5.74, 6) is 1.71. The maximum absolute atomic E-state index is 4.88. The van der Waals surface area contributed by atoms with Crippen molar-refractivity contribution in [2.45, 2.75) is 32.2 Å². The first kappa shape index (κ1) is 16.5. The Kier molecular flexibility index (Phi) is 4.48. The molecule has 1 N–H and O–H groups in total. The highest BCUT2D eigenvalue weighted by Crippen LogP contribution is 2.30. The minimum absolute atomic E-state index is 0.543. The van der Waals surface area contributed by atoms with Gasteiger partial charge in [-0.2, -0.15) is 0 Å². The summed E-state index contributed by atoms with van der Waals surface area (Å²) in [4.78, 5) is 18.9. The van der Waals surface area contributed by atoms with Crippen molar-refractivity contribution in [1.82, 2.24) is 19.9 Å². The zero-order chi connectivity index (χ0) is 17.4. The minimum Gasteiger partial charge on any atom is -0.354 e. The predicted molar refractivity (Wildman–Crippen MR) is 105 cm³/mol. The van der Waals surface area contributed by atoms with Gasteiger partial charge in [-0.05, 0) is 44.5 Å². The highest BCUT2D eigenvalue weighted by atomic mass is 32.1. The van der Waals surface area contributed by atoms with Crippen LogP contribution < -0.4 is 4.90 Å². The zero-order valence-corrected chi connectivity index (χ0v) is 15.9. The fraction of sp³-hybridized carbons (Fsp3) is 0.474. The molecule has 0 spiro atoms. The van der Waals surface area contributed by atoms with Gasteiger partial charge >= 0.3 is 0 Å². The Balaban J connectivity index is 1.39. The number of H-pyrrole nitrogens is 1. The first-order valence-electron chi connectivity index (χ1n) is 8.90. The molecule has 6 heteroatoms. The molecule has 1 fully saturated rings. The second-order valence-corrected chi connectivity index (χ2v) is 8.24. The lowest BCUT2D eigenvalue weighted by atomic mass is 9.96. The summed E-state index contributed by atoms with van der Waals surface area (Å²) in [5, 5.41) is 1.09. The van der Waals surface area contributed by atoms with Crippen LogP contribution in [0.4, 0.5) is 5.13 Å². The van der Waals surface area contributed by atoms with Gasteiger partial charge in [0.15, 0.2) is 5.13 Å². The first-order chi connectivity index (χ1) is 12.1. The van der Waals surface area contributed by atoms with Crippen LogP contribution in [-0.2, 0) is 6.54 Å². The standard InChI is InChI=1S/C19H25N5S/c1-13-5-4-6-16-17(13)22-18(21-16)14-7-9-24(10-8-14)12-15-11-20-19(25-15)23(2)3/h4-6,11,14H,7-10,12H2,1-3H3,(H,21,22). The van der Waals surface area contributed by atoms with Crippen molar-refractivity contribution in [1.29, 1.82) is 0 Å². The molecule has 5 nitrogen and oxygen atoms in total. The molecule has 1 aliphatic rings. The van der Waals surface area contributed by atoms with Gasteiger partial charge < -0.3 is 9.88 Å². The van der Waals surface area contributed by atoms with Crippen molar-refractivity contribution in [3.8, 4) is 0 Å². The molecule has 2 aromatic heterocycles. The van der Waals surface area contributed by atoms with Crippen LogP contribution in [0.2, 0.25) is 0 Å². The Morgan fingerprint density at radius 3 is 2.76 bits per heavy atom. The number of aromatic amines is 1. The number of anilines is 1. The van der Waals surface area contributed by atoms with Gasteiger partial charge in [0.2, 0.25) is 0 Å². The van der Waals surface area contributed by atoms with Crippen LogP contribution in [0, 0.1) is 6.92 Å². The van der Waals surface area contributed by atoms with Gasteiger partial charge in [-0.3, -0.25) is 4.90 Å². The second-order valence-electron chi connectivity index (χ2n) is 7.15. The number of hydrogen-bond donors (Lipinski definition) is 1. The Labute approximate surface area is 152 Å². The molecule has 0 amide bonds. The molecule has 0 radical (unpaired) electrons. The number of imidazole rings is 1. The number of aryl methyl sites for hydroxylation is 1. The lowest BCUT2D eigenvalue weighted by molar-refractivity contribution is 0.203. The molecule has 1 saturated heterocycles. The molecule has 1 aromatic carbocycles. The lowest BCUT2D eigenvalue weighted by Gasteiger charge is -2.30. The molecule has 0 bridgehead atoms. The molecule has 0 saturated carbocycles. The van der Waals surface area contributed by atoms with E-state index in [-0.39, 0.29) is 0 Å². The number of rotatable bonds is 4. The first-order valence-corrected chi connectivity index (χ1v) is 9.71. The number of nitrogens with one attached hydrogen (secondary N) is 1. The van der Waals surface area contributed by atoms with E-state index in [1.807, 2.05) is 20.3 Å². The maximum atomic E-state index is 4.88. The smallest absolute Gasteiger partial charge is 0.185 e. The van der Waals surface area contributed by atoms with E-state index in [1.54, 1.807) is 11.3 Å². The van der Waals surface area contributed by atoms with Gasteiger partial charge in [-0.15, -0.1) is 11.3 Å². The van der Waals surface area contributed by atoms with Crippen molar-refractivity contribution < 1.29 is 0 Å². The number of fused-ring (bicyclic) bond motifs is 1. The molecule has 4 rings (SSSR count). The summed E-state index contributed by atoms with van der Waals surface area (Å²) in [5.41, 5.74) is 3.54. The summed E-state index contributed by atoms with van der Waals surface area (Å²) < 4.78 is 0. The van der Waals surface area contributed by atoms with E-state index < -0.39 is 0 Å². The largest absolute Gasteiger partial charge is 0.354 e. The van der Waals surface area contributed by atoms with E-state index in [1.165, 1.54) is 16.0 Å². The van der Waals surface area contributed by atoms with Crippen LogP contribution in [-0.4, -0.2) is 47.0 Å². The quantitative estimate of drug-likeness (QED) is 0.774. The number of benzene rings is 1. The summed E-state index contributed by atoms with van der Waals surface area (Å²) in [6.07, 6.45) is 4.35. The number of hydrogen-bond acceptors (Lipinski definition) is 5. The van der Waals surface area contributed by atoms with Crippen LogP contribution in [0.15, 0.2) is 24.4 Å². The normalized spacial score (nSPS) is 16.6. The lowest BCUT2D eigenvalue weighted by Crippen LogP contribution is -2.32. The van der Waals surface area contributed by atoms with Crippen molar-refractivity contribution in [2.24, 2.45) is 0 Å². The van der Waals surface area contributed by atoms with Crippen molar-refractivity contribution >= 4 is 27.5 Å². The number of piperidine rings is 1. The number of para-hydroxylation sites is 1. The molecule has 3 heterocycles.